The van der Waals surface area contributed by atoms with E-state index in [4.69, 9.17) is 4.74 Å². The number of para-hydroxylation sites is 1. The number of halogens is 3. The number of alkyl halides is 3. The quantitative estimate of drug-likeness (QED) is 0.837. The van der Waals surface area contributed by atoms with Crippen LogP contribution in [0.25, 0.3) is 0 Å². The van der Waals surface area contributed by atoms with E-state index in [1.54, 1.807) is 0 Å². The molecule has 6 heteroatoms. The van der Waals surface area contributed by atoms with E-state index in [1.165, 1.54) is 12.1 Å². The summed E-state index contributed by atoms with van der Waals surface area (Å²) < 4.78 is 43.4. The number of anilines is 1. The first kappa shape index (κ1) is 17.3. The molecule has 2 aromatic carbocycles. The minimum Gasteiger partial charge on any atom is -0.463 e. The molecule has 1 N–H and O–H groups in total. The van der Waals surface area contributed by atoms with Gasteiger partial charge in [-0.25, -0.2) is 4.99 Å². The van der Waals surface area contributed by atoms with Crippen LogP contribution in [0.15, 0.2) is 59.6 Å². The van der Waals surface area contributed by atoms with Crippen LogP contribution < -0.4 is 5.32 Å². The zero-order valence-corrected chi connectivity index (χ0v) is 13.8. The van der Waals surface area contributed by atoms with Crippen molar-refractivity contribution in [2.75, 3.05) is 11.9 Å². The fourth-order valence-electron chi connectivity index (χ4n) is 2.79. The first-order valence-corrected chi connectivity index (χ1v) is 8.11. The lowest BCUT2D eigenvalue weighted by atomic mass is 9.93. The maximum absolute atomic E-state index is 12.6. The molecule has 0 spiro atoms. The zero-order chi connectivity index (χ0) is 17.9. The average Bonchev–Trinajstić information content (AvgIpc) is 3.02. The van der Waals surface area contributed by atoms with Crippen molar-refractivity contribution in [2.45, 2.75) is 31.5 Å². The van der Waals surface area contributed by atoms with Gasteiger partial charge in [0.05, 0.1) is 11.6 Å². The fourth-order valence-corrected chi connectivity index (χ4v) is 2.79. The Morgan fingerprint density at radius 3 is 2.44 bits per heavy atom. The molecule has 3 rings (SSSR count). The highest BCUT2D eigenvalue weighted by molar-refractivity contribution is 5.89. The summed E-state index contributed by atoms with van der Waals surface area (Å²) in [4.78, 5) is 4.51. The highest BCUT2D eigenvalue weighted by Crippen LogP contribution is 2.31. The number of aliphatic imine (C=N–C) groups is 1. The van der Waals surface area contributed by atoms with Crippen LogP contribution in [0.5, 0.6) is 0 Å². The number of benzene rings is 2. The summed E-state index contributed by atoms with van der Waals surface area (Å²) in [5, 5.41) is 3.11. The van der Waals surface area contributed by atoms with Crippen LogP contribution in [0.1, 0.15) is 30.4 Å². The molecule has 2 atom stereocenters. The molecule has 0 saturated carbocycles. The average molecular weight is 348 g/mol. The van der Waals surface area contributed by atoms with E-state index in [9.17, 15) is 13.2 Å². The van der Waals surface area contributed by atoms with Crippen LogP contribution >= 0.6 is 0 Å². The Bertz CT molecular complexity index is 727. The van der Waals surface area contributed by atoms with Gasteiger partial charge in [-0.2, -0.15) is 13.2 Å². The monoisotopic (exact) mass is 348 g/mol. The van der Waals surface area contributed by atoms with E-state index in [1.807, 2.05) is 37.3 Å². The Balaban J connectivity index is 1.59. The van der Waals surface area contributed by atoms with E-state index in [0.29, 0.717) is 19.0 Å². The van der Waals surface area contributed by atoms with Crippen molar-refractivity contribution in [2.24, 2.45) is 4.99 Å². The number of nitrogens with one attached hydrogen (secondary N) is 1. The molecule has 2 aromatic rings. The van der Waals surface area contributed by atoms with Crippen LogP contribution in [0, 0.1) is 0 Å². The Kier molecular flexibility index (Phi) is 4.97. The standard InChI is InChI=1S/C19H19F3N2O/c1-13(14-7-9-15(10-8-14)19(20,21)22)11-17-12-25-18(24-17)23-16-5-3-2-4-6-16/h2-10,13,17H,11-12H2,1H3,(H,23,24)/t13?,17-/m1/s1. The summed E-state index contributed by atoms with van der Waals surface area (Å²) in [5.41, 5.74) is 1.14. The smallest absolute Gasteiger partial charge is 0.416 e. The Labute approximate surface area is 144 Å². The lowest BCUT2D eigenvalue weighted by molar-refractivity contribution is -0.137. The molecule has 1 unspecified atom stereocenters. The van der Waals surface area contributed by atoms with Crippen LogP contribution in [0.3, 0.4) is 0 Å². The van der Waals surface area contributed by atoms with Gasteiger partial charge in [0.25, 0.3) is 6.02 Å². The van der Waals surface area contributed by atoms with Gasteiger partial charge >= 0.3 is 6.18 Å². The van der Waals surface area contributed by atoms with Crippen molar-refractivity contribution >= 4 is 11.7 Å². The third-order valence-electron chi connectivity index (χ3n) is 4.17. The van der Waals surface area contributed by atoms with Crippen LogP contribution in [-0.4, -0.2) is 18.7 Å². The van der Waals surface area contributed by atoms with Gasteiger partial charge in [-0.3, -0.25) is 0 Å². The molecule has 25 heavy (non-hydrogen) atoms. The number of nitrogens with zero attached hydrogens (tertiary/aromatic N) is 1. The van der Waals surface area contributed by atoms with Crippen molar-refractivity contribution in [3.05, 3.63) is 65.7 Å². The van der Waals surface area contributed by atoms with Gasteiger partial charge in [-0.15, -0.1) is 0 Å². The molecule has 0 aliphatic carbocycles. The number of hydrogen-bond donors (Lipinski definition) is 1. The Morgan fingerprint density at radius 2 is 1.80 bits per heavy atom. The number of ether oxygens (including phenoxy) is 1. The SMILES string of the molecule is CC(C[C@@H]1COC(Nc2ccccc2)=N1)c1ccc(C(F)(F)F)cc1. The van der Waals surface area contributed by atoms with E-state index in [0.717, 1.165) is 23.4 Å². The molecule has 0 saturated heterocycles. The molecule has 132 valence electrons. The lowest BCUT2D eigenvalue weighted by Gasteiger charge is -2.15. The third kappa shape index (κ3) is 4.53. The summed E-state index contributed by atoms with van der Waals surface area (Å²) in [7, 11) is 0. The second-order valence-electron chi connectivity index (χ2n) is 6.15. The molecule has 1 aliphatic rings. The molecule has 3 nitrogen and oxygen atoms in total. The first-order chi connectivity index (χ1) is 11.9. The van der Waals surface area contributed by atoms with Gasteiger partial charge in [0.2, 0.25) is 0 Å². The highest BCUT2D eigenvalue weighted by Gasteiger charge is 2.30. The molecule has 0 fully saturated rings. The molecule has 0 bridgehead atoms. The van der Waals surface area contributed by atoms with Crippen molar-refractivity contribution in [1.82, 2.24) is 0 Å². The molecule has 0 aromatic heterocycles. The maximum Gasteiger partial charge on any atom is 0.416 e. The minimum absolute atomic E-state index is 0.0106. The summed E-state index contributed by atoms with van der Waals surface area (Å²) in [6.45, 7) is 2.46. The van der Waals surface area contributed by atoms with Gasteiger partial charge in [-0.1, -0.05) is 37.3 Å². The van der Waals surface area contributed by atoms with Crippen LogP contribution in [0.2, 0.25) is 0 Å². The van der Waals surface area contributed by atoms with Crippen LogP contribution in [-0.2, 0) is 10.9 Å². The van der Waals surface area contributed by atoms with E-state index in [-0.39, 0.29) is 12.0 Å². The first-order valence-electron chi connectivity index (χ1n) is 8.11. The van der Waals surface area contributed by atoms with Crippen molar-refractivity contribution in [3.8, 4) is 0 Å². The summed E-state index contributed by atoms with van der Waals surface area (Å²) in [6.07, 6.45) is -3.59. The van der Waals surface area contributed by atoms with Crippen molar-refractivity contribution < 1.29 is 17.9 Å². The Hall–Kier alpha value is -2.50. The number of amidine groups is 1. The predicted octanol–water partition coefficient (Wildman–Crippen LogP) is 5.07. The topological polar surface area (TPSA) is 33.6 Å². The van der Waals surface area contributed by atoms with Crippen LogP contribution in [0.4, 0.5) is 18.9 Å². The predicted molar refractivity (Wildman–Crippen MR) is 91.7 cm³/mol. The molecule has 1 aliphatic heterocycles. The summed E-state index contributed by atoms with van der Waals surface area (Å²) in [5.74, 6) is 0.0932. The minimum atomic E-state index is -4.30. The second-order valence-corrected chi connectivity index (χ2v) is 6.15. The molecular weight excluding hydrogens is 329 g/mol. The van der Waals surface area contributed by atoms with Crippen molar-refractivity contribution in [1.29, 1.82) is 0 Å². The number of rotatable bonds is 4. The van der Waals surface area contributed by atoms with E-state index < -0.39 is 11.7 Å². The van der Waals surface area contributed by atoms with Gasteiger partial charge in [0.1, 0.15) is 6.61 Å². The van der Waals surface area contributed by atoms with Gasteiger partial charge in [-0.05, 0) is 42.2 Å². The van der Waals surface area contributed by atoms with Gasteiger partial charge in [0, 0.05) is 5.69 Å². The van der Waals surface area contributed by atoms with E-state index >= 15 is 0 Å². The normalized spacial score (nSPS) is 18.4. The van der Waals surface area contributed by atoms with Gasteiger partial charge in [0.15, 0.2) is 0 Å². The molecule has 0 radical (unpaired) electrons. The third-order valence-corrected chi connectivity index (χ3v) is 4.17. The lowest BCUT2D eigenvalue weighted by Crippen LogP contribution is -2.12. The number of hydrogen-bond acceptors (Lipinski definition) is 3. The van der Waals surface area contributed by atoms with Gasteiger partial charge < -0.3 is 10.1 Å². The maximum atomic E-state index is 12.6. The fraction of sp³-hybridized carbons (Fsp3) is 0.316. The molecule has 1 heterocycles. The van der Waals surface area contributed by atoms with Crippen molar-refractivity contribution in [3.63, 3.8) is 0 Å². The zero-order valence-electron chi connectivity index (χ0n) is 13.8. The van der Waals surface area contributed by atoms with E-state index in [2.05, 4.69) is 10.3 Å². The summed E-state index contributed by atoms with van der Waals surface area (Å²) >= 11 is 0. The molecule has 0 amide bonds. The molecular formula is C19H19F3N2O. The summed E-state index contributed by atoms with van der Waals surface area (Å²) in [6, 6.07) is 15.4. The highest BCUT2D eigenvalue weighted by atomic mass is 19.4. The Morgan fingerprint density at radius 1 is 1.12 bits per heavy atom. The second kappa shape index (κ2) is 7.17. The largest absolute Gasteiger partial charge is 0.463 e.